The van der Waals surface area contributed by atoms with Gasteiger partial charge in [0.25, 0.3) is 0 Å². The normalized spacial score (nSPS) is 13.4. The number of hydrogen-bond acceptors (Lipinski definition) is 1. The van der Waals surface area contributed by atoms with Crippen LogP contribution in [0.4, 0.5) is 110 Å². The number of benzene rings is 6. The first-order valence-corrected chi connectivity index (χ1v) is 20.3. The monoisotopic (exact) mass is 1100 g/mol. The first-order chi connectivity index (χ1) is 34.1. The van der Waals surface area contributed by atoms with Crippen LogP contribution in [0.1, 0.15) is 44.5 Å². The number of fused-ring (bicyclic) bond motifs is 1. The summed E-state index contributed by atoms with van der Waals surface area (Å²) in [6.07, 6.45) is -51.2. The molecule has 1 heterocycles. The predicted octanol–water partition coefficient (Wildman–Crippen LogP) is 14.3. The first kappa shape index (κ1) is 57.1. The molecular weight excluding hydrogens is 1080 g/mol. The second kappa shape index (κ2) is 19.5. The Balaban J connectivity index is 0.000000421. The molecule has 0 spiro atoms. The van der Waals surface area contributed by atoms with E-state index in [2.05, 4.69) is 0 Å². The van der Waals surface area contributed by atoms with Crippen LogP contribution < -0.4 is 31.4 Å². The minimum absolute atomic E-state index is 0.206. The third-order valence-electron chi connectivity index (χ3n) is 11.1. The van der Waals surface area contributed by atoms with Crippen LogP contribution >= 0.6 is 0 Å². The van der Waals surface area contributed by atoms with Crippen LogP contribution in [-0.2, 0) is 49.4 Å². The summed E-state index contributed by atoms with van der Waals surface area (Å²) in [5, 5.41) is 2.15. The zero-order valence-corrected chi connectivity index (χ0v) is 36.2. The Bertz CT molecular complexity index is 2780. The van der Waals surface area contributed by atoms with Crippen molar-refractivity contribution in [3.63, 3.8) is 0 Å². The van der Waals surface area contributed by atoms with Gasteiger partial charge in [0.2, 0.25) is 18.1 Å². The number of aromatic nitrogens is 1. The number of halogens is 25. The van der Waals surface area contributed by atoms with Crippen molar-refractivity contribution < 1.29 is 119 Å². The molecule has 7 rings (SSSR count). The van der Waals surface area contributed by atoms with Gasteiger partial charge in [0.15, 0.2) is 5.82 Å². The predicted molar refractivity (Wildman–Crippen MR) is 217 cm³/mol. The lowest BCUT2D eigenvalue weighted by Crippen LogP contribution is -2.75. The van der Waals surface area contributed by atoms with Crippen LogP contribution in [0.15, 0.2) is 140 Å². The van der Waals surface area contributed by atoms with Crippen LogP contribution in [0.5, 0.6) is 5.75 Å². The molecule has 28 heteroatoms. The van der Waals surface area contributed by atoms with Crippen molar-refractivity contribution in [3.8, 4) is 5.75 Å². The Labute approximate surface area is 403 Å². The molecule has 0 saturated carbocycles. The fourth-order valence-electron chi connectivity index (χ4n) is 7.87. The van der Waals surface area contributed by atoms with Crippen LogP contribution in [0, 0.1) is 5.82 Å². The number of hydrogen-bond donors (Lipinski definition) is 0. The molecule has 0 bridgehead atoms. The Morgan fingerprint density at radius 2 is 0.560 bits per heavy atom. The molecule has 0 fully saturated rings. The van der Waals surface area contributed by atoms with Crippen molar-refractivity contribution in [1.82, 2.24) is 0 Å². The average Bonchev–Trinajstić information content (AvgIpc) is 3.27. The molecule has 0 unspecified atom stereocenters. The van der Waals surface area contributed by atoms with Gasteiger partial charge in [-0.25, -0.2) is 9.23 Å². The number of para-hydroxylation sites is 1. The number of pyridine rings is 1. The molecule has 0 aliphatic heterocycles. The number of nitrogens with zero attached hydrogens (tertiary/aromatic N) is 1. The second-order valence-electron chi connectivity index (χ2n) is 16.2. The quantitative estimate of drug-likeness (QED) is 0.0919. The van der Waals surface area contributed by atoms with Gasteiger partial charge in [-0.3, -0.25) is 0 Å². The second-order valence-corrected chi connectivity index (χ2v) is 16.2. The third kappa shape index (κ3) is 12.9. The summed E-state index contributed by atoms with van der Waals surface area (Å²) >= 11 is 0. The summed E-state index contributed by atoms with van der Waals surface area (Å²) in [6.45, 7) is 0. The van der Waals surface area contributed by atoms with Crippen LogP contribution in [0.25, 0.3) is 10.8 Å². The van der Waals surface area contributed by atoms with E-state index in [0.717, 1.165) is 10.8 Å². The van der Waals surface area contributed by atoms with Gasteiger partial charge in [0.1, 0.15) is 6.15 Å². The molecule has 2 nitrogen and oxygen atoms in total. The first-order valence-electron chi connectivity index (χ1n) is 20.3. The lowest BCUT2D eigenvalue weighted by atomic mass is 9.12. The Morgan fingerprint density at radius 3 is 0.827 bits per heavy atom. The molecule has 0 N–H and O–H groups in total. The van der Waals surface area contributed by atoms with Gasteiger partial charge in [0.05, 0.1) is 49.9 Å². The van der Waals surface area contributed by atoms with Gasteiger partial charge in [0, 0.05) is 10.8 Å². The molecular formula is C47H23BF25NO. The lowest BCUT2D eigenvalue weighted by molar-refractivity contribution is -0.874. The number of alkyl halides is 24. The van der Waals surface area contributed by atoms with Gasteiger partial charge < -0.3 is 0 Å². The summed E-state index contributed by atoms with van der Waals surface area (Å²) in [6, 6.07) is 7.38. The fraction of sp³-hybridized carbons (Fsp3) is 0.170. The number of rotatable bonds is 6. The van der Waals surface area contributed by atoms with Crippen molar-refractivity contribution in [2.45, 2.75) is 49.4 Å². The SMILES string of the molecule is FC(F)(F)c1cc([B-](c2cc(C(F)(F)F)cc(C(F)(F)F)c2)(c2cc(C(F)(F)F)cc(C(F)(F)F)c2)c2cc(C(F)(F)F)cc(C(F)(F)F)c2)cc(C(F)(F)F)c1.Fc1ccccc1O[n+]1ccc2ccccc2c1. The van der Waals surface area contributed by atoms with Crippen molar-refractivity contribution in [3.05, 3.63) is 190 Å². The van der Waals surface area contributed by atoms with Crippen LogP contribution in [0.2, 0.25) is 0 Å². The van der Waals surface area contributed by atoms with Gasteiger partial charge in [-0.1, -0.05) is 78.9 Å². The van der Waals surface area contributed by atoms with E-state index in [-0.39, 0.29) is 11.6 Å². The maximum absolute atomic E-state index is 14.2. The van der Waals surface area contributed by atoms with E-state index in [9.17, 15) is 110 Å². The standard InChI is InChI=1S/C32H12BF24.C15H11FNO/c34-25(35,36)13-1-14(26(37,38)39)6-21(5-13)33(22-7-15(27(40,41)42)2-16(8-22)28(43,44)45,23-9-17(29(46,47)48)3-18(10-23)30(49,50)51)24-11-19(31(52,53)54)4-20(12-24)32(55,56)57;16-14-7-3-4-8-15(14)18-17-10-9-12-5-1-2-6-13(12)11-17/h1-12H;1-11H/q-1;+1. The molecule has 0 amide bonds. The maximum Gasteiger partial charge on any atom is 0.416 e. The minimum atomic E-state index is -6.13. The largest absolute Gasteiger partial charge is 0.416 e. The molecule has 75 heavy (non-hydrogen) atoms. The highest BCUT2D eigenvalue weighted by molar-refractivity contribution is 7.20. The zero-order valence-electron chi connectivity index (χ0n) is 36.2. The highest BCUT2D eigenvalue weighted by atomic mass is 19.4. The van der Waals surface area contributed by atoms with E-state index in [1.165, 1.54) is 10.8 Å². The Hall–Kier alpha value is -7.16. The Morgan fingerprint density at radius 1 is 0.307 bits per heavy atom. The van der Waals surface area contributed by atoms with E-state index in [0.29, 0.717) is 0 Å². The summed E-state index contributed by atoms with van der Waals surface area (Å²) in [5.41, 5.74) is -30.2. The molecule has 0 radical (unpaired) electrons. The zero-order chi connectivity index (χ0) is 56.3. The van der Waals surface area contributed by atoms with Gasteiger partial charge in [-0.15, -0.1) is 0 Å². The summed E-state index contributed by atoms with van der Waals surface area (Å²) in [4.78, 5) is 5.46. The van der Waals surface area contributed by atoms with E-state index < -0.39 is 195 Å². The molecule has 0 atom stereocenters. The van der Waals surface area contributed by atoms with Crippen molar-refractivity contribution >= 4 is 38.8 Å². The fourth-order valence-corrected chi connectivity index (χ4v) is 7.87. The van der Waals surface area contributed by atoms with E-state index >= 15 is 0 Å². The average molecular weight is 1100 g/mol. The lowest BCUT2D eigenvalue weighted by Gasteiger charge is -2.46. The molecule has 6 aromatic carbocycles. The molecule has 0 aliphatic carbocycles. The van der Waals surface area contributed by atoms with E-state index in [1.54, 1.807) is 24.4 Å². The minimum Gasteiger partial charge on any atom is -0.228 e. The summed E-state index contributed by atoms with van der Waals surface area (Å²) < 4.78 is 356. The summed E-state index contributed by atoms with van der Waals surface area (Å²) in [5.74, 6) is -0.170. The van der Waals surface area contributed by atoms with E-state index in [4.69, 9.17) is 4.84 Å². The van der Waals surface area contributed by atoms with Gasteiger partial charge >= 0.3 is 49.4 Å². The summed E-state index contributed by atoms with van der Waals surface area (Å²) in [7, 11) is 0. The topological polar surface area (TPSA) is 13.1 Å². The third-order valence-corrected chi connectivity index (χ3v) is 11.1. The van der Waals surface area contributed by atoms with Crippen LogP contribution in [0.3, 0.4) is 0 Å². The molecule has 400 valence electrons. The maximum atomic E-state index is 14.2. The van der Waals surface area contributed by atoms with Crippen molar-refractivity contribution in [1.29, 1.82) is 0 Å². The van der Waals surface area contributed by atoms with Crippen molar-refractivity contribution in [2.24, 2.45) is 0 Å². The molecule has 7 aromatic rings. The molecule has 1 aromatic heterocycles. The van der Waals surface area contributed by atoms with Crippen molar-refractivity contribution in [2.75, 3.05) is 0 Å². The smallest absolute Gasteiger partial charge is 0.228 e. The Kier molecular flexibility index (Phi) is 14.9. The van der Waals surface area contributed by atoms with Gasteiger partial charge in [-0.05, 0) is 47.9 Å². The highest BCUT2D eigenvalue weighted by Crippen LogP contribution is 2.41. The highest BCUT2D eigenvalue weighted by Gasteiger charge is 2.47. The van der Waals surface area contributed by atoms with Crippen LogP contribution in [-0.4, -0.2) is 6.15 Å². The van der Waals surface area contributed by atoms with Gasteiger partial charge in [-0.2, -0.15) is 127 Å². The molecule has 0 aliphatic rings. The van der Waals surface area contributed by atoms with E-state index in [1.807, 2.05) is 36.5 Å². The molecule has 0 saturated heterocycles.